The number of hydrogen-bond donors (Lipinski definition) is 1. The Labute approximate surface area is 168 Å². The Balaban J connectivity index is 1.67. The predicted molar refractivity (Wildman–Crippen MR) is 108 cm³/mol. The van der Waals surface area contributed by atoms with Gasteiger partial charge in [-0.3, -0.25) is 0 Å². The van der Waals surface area contributed by atoms with Crippen LogP contribution in [0.3, 0.4) is 0 Å². The first-order valence-electron chi connectivity index (χ1n) is 9.87. The Hall–Kier alpha value is -1.07. The van der Waals surface area contributed by atoms with E-state index in [1.54, 1.807) is 0 Å². The Morgan fingerprint density at radius 2 is 1.82 bits per heavy atom. The molecule has 2 fully saturated rings. The van der Waals surface area contributed by atoms with Gasteiger partial charge in [-0.25, -0.2) is 18.4 Å². The molecule has 0 radical (unpaired) electrons. The normalized spacial score (nSPS) is 25.2. The number of hydrogen-bond acceptors (Lipinski definition) is 8. The van der Waals surface area contributed by atoms with Crippen molar-refractivity contribution < 1.29 is 17.7 Å². The van der Waals surface area contributed by atoms with Crippen LogP contribution in [0.1, 0.15) is 40.5 Å². The van der Waals surface area contributed by atoms with E-state index >= 15 is 0 Å². The van der Waals surface area contributed by atoms with Crippen LogP contribution in [0.4, 0.5) is 0 Å². The predicted octanol–water partition coefficient (Wildman–Crippen LogP) is 0.220. The fourth-order valence-corrected chi connectivity index (χ4v) is 5.11. The Morgan fingerprint density at radius 3 is 2.39 bits per heavy atom. The number of aromatic nitrogens is 2. The maximum atomic E-state index is 12.8. The molecule has 1 aromatic rings. The van der Waals surface area contributed by atoms with E-state index in [0.29, 0.717) is 12.0 Å². The lowest BCUT2D eigenvalue weighted by atomic mass is 9.81. The summed E-state index contributed by atoms with van der Waals surface area (Å²) < 4.78 is 37.5. The van der Waals surface area contributed by atoms with Crippen molar-refractivity contribution in [2.45, 2.75) is 56.9 Å². The highest BCUT2D eigenvalue weighted by Crippen LogP contribution is 2.36. The van der Waals surface area contributed by atoms with E-state index in [-0.39, 0.29) is 16.8 Å². The summed E-state index contributed by atoms with van der Waals surface area (Å²) >= 11 is 0. The van der Waals surface area contributed by atoms with Gasteiger partial charge in [0.1, 0.15) is 0 Å². The molecule has 0 unspecified atom stereocenters. The van der Waals surface area contributed by atoms with Crippen LogP contribution in [-0.2, 0) is 19.1 Å². The summed E-state index contributed by atoms with van der Waals surface area (Å²) in [5.41, 5.74) is 5.29. The minimum Gasteiger partial charge on any atom is -0.399 e. The Bertz CT molecular complexity index is 767. The average Bonchev–Trinajstić information content (AvgIpc) is 2.83. The lowest BCUT2D eigenvalue weighted by Crippen LogP contribution is -2.41. The molecule has 1 aromatic heterocycles. The minimum atomic E-state index is -3.55. The third-order valence-electron chi connectivity index (χ3n) is 5.96. The molecule has 0 bridgehead atoms. The maximum absolute atomic E-state index is 12.8. The van der Waals surface area contributed by atoms with Crippen LogP contribution in [0.2, 0.25) is 0 Å². The van der Waals surface area contributed by atoms with Crippen molar-refractivity contribution in [2.75, 3.05) is 31.9 Å². The SMILES string of the molecule is CC1(C)OB(c2cnc(S(=O)(=O)C[C@H]3CCCN(CCN)C3)nc2)OC1(C)C. The maximum Gasteiger partial charge on any atom is 0.498 e. The molecule has 2 N–H and O–H groups in total. The third-order valence-corrected chi connectivity index (χ3v) is 7.63. The van der Waals surface area contributed by atoms with Crippen molar-refractivity contribution in [1.29, 1.82) is 0 Å². The van der Waals surface area contributed by atoms with Gasteiger partial charge in [0, 0.05) is 37.5 Å². The van der Waals surface area contributed by atoms with Gasteiger partial charge in [0.15, 0.2) is 0 Å². The van der Waals surface area contributed by atoms with Gasteiger partial charge in [0.05, 0.1) is 17.0 Å². The van der Waals surface area contributed by atoms with Crippen molar-refractivity contribution in [3.05, 3.63) is 12.4 Å². The Morgan fingerprint density at radius 1 is 1.21 bits per heavy atom. The van der Waals surface area contributed by atoms with Gasteiger partial charge >= 0.3 is 7.12 Å². The molecule has 28 heavy (non-hydrogen) atoms. The summed E-state index contributed by atoms with van der Waals surface area (Å²) in [6.07, 6.45) is 4.86. The summed E-state index contributed by atoms with van der Waals surface area (Å²) in [5.74, 6) is 0.140. The molecule has 0 aliphatic carbocycles. The average molecular weight is 410 g/mol. The fraction of sp³-hybridized carbons (Fsp3) is 0.778. The second-order valence-corrected chi connectivity index (χ2v) is 10.7. The van der Waals surface area contributed by atoms with Gasteiger partial charge in [-0.05, 0) is 53.0 Å². The molecular weight excluding hydrogens is 379 g/mol. The number of nitrogens with two attached hydrogens (primary N) is 1. The Kier molecular flexibility index (Phi) is 6.17. The first-order valence-corrected chi connectivity index (χ1v) is 11.5. The zero-order valence-electron chi connectivity index (χ0n) is 17.2. The number of nitrogens with zero attached hydrogens (tertiary/aromatic N) is 3. The van der Waals surface area contributed by atoms with E-state index in [9.17, 15) is 8.42 Å². The summed E-state index contributed by atoms with van der Waals surface area (Å²) in [6.45, 7) is 11.0. The highest BCUT2D eigenvalue weighted by molar-refractivity contribution is 7.91. The van der Waals surface area contributed by atoms with Crippen molar-refractivity contribution >= 4 is 22.4 Å². The molecule has 156 valence electrons. The van der Waals surface area contributed by atoms with Crippen LogP contribution in [0, 0.1) is 5.92 Å². The lowest BCUT2D eigenvalue weighted by Gasteiger charge is -2.32. The molecule has 0 aromatic carbocycles. The van der Waals surface area contributed by atoms with E-state index in [1.807, 2.05) is 27.7 Å². The van der Waals surface area contributed by atoms with Crippen LogP contribution < -0.4 is 11.2 Å². The second kappa shape index (κ2) is 7.99. The standard InChI is InChI=1S/C18H31BN4O4S/c1-17(2)18(3,4)27-19(26-17)15-10-21-16(22-11-15)28(24,25)13-14-6-5-8-23(12-14)9-7-20/h10-11,14H,5-9,12-13,20H2,1-4H3/t14-/m0/s1. The van der Waals surface area contributed by atoms with E-state index < -0.39 is 28.2 Å². The number of rotatable bonds is 6. The van der Waals surface area contributed by atoms with Crippen LogP contribution in [0.15, 0.2) is 17.6 Å². The van der Waals surface area contributed by atoms with E-state index in [2.05, 4.69) is 14.9 Å². The molecule has 2 aliphatic heterocycles. The van der Waals surface area contributed by atoms with Gasteiger partial charge < -0.3 is 19.9 Å². The molecule has 2 saturated heterocycles. The van der Waals surface area contributed by atoms with Gasteiger partial charge in [0.2, 0.25) is 15.0 Å². The first-order chi connectivity index (χ1) is 13.0. The van der Waals surface area contributed by atoms with Crippen molar-refractivity contribution in [1.82, 2.24) is 14.9 Å². The summed E-state index contributed by atoms with van der Waals surface area (Å²) in [6, 6.07) is 0. The molecule has 10 heteroatoms. The number of likely N-dealkylation sites (tertiary alicyclic amines) is 1. The van der Waals surface area contributed by atoms with Crippen LogP contribution >= 0.6 is 0 Å². The topological polar surface area (TPSA) is 108 Å². The van der Waals surface area contributed by atoms with Gasteiger partial charge in [-0.15, -0.1) is 0 Å². The van der Waals surface area contributed by atoms with Gasteiger partial charge in [-0.2, -0.15) is 0 Å². The van der Waals surface area contributed by atoms with Gasteiger partial charge in [0.25, 0.3) is 0 Å². The number of sulfone groups is 1. The highest BCUT2D eigenvalue weighted by atomic mass is 32.2. The molecule has 8 nitrogen and oxygen atoms in total. The zero-order valence-corrected chi connectivity index (χ0v) is 18.0. The summed E-state index contributed by atoms with van der Waals surface area (Å²) in [4.78, 5) is 10.5. The van der Waals surface area contributed by atoms with E-state index in [0.717, 1.165) is 32.5 Å². The fourth-order valence-electron chi connectivity index (χ4n) is 3.65. The first kappa shape index (κ1) is 21.6. The van der Waals surface area contributed by atoms with Crippen LogP contribution in [-0.4, -0.2) is 73.5 Å². The van der Waals surface area contributed by atoms with E-state index in [4.69, 9.17) is 15.0 Å². The van der Waals surface area contributed by atoms with Crippen molar-refractivity contribution in [3.8, 4) is 0 Å². The van der Waals surface area contributed by atoms with Gasteiger partial charge in [-0.1, -0.05) is 0 Å². The quantitative estimate of drug-likeness (QED) is 0.524. The largest absolute Gasteiger partial charge is 0.498 e. The minimum absolute atomic E-state index is 0.0594. The molecular formula is C18H31BN4O4S. The molecule has 3 rings (SSSR count). The summed E-state index contributed by atoms with van der Waals surface area (Å²) in [7, 11) is -4.15. The molecule has 0 amide bonds. The molecule has 3 heterocycles. The number of piperidine rings is 1. The molecule has 1 atom stereocenters. The van der Waals surface area contributed by atoms with Crippen LogP contribution in [0.25, 0.3) is 0 Å². The lowest BCUT2D eigenvalue weighted by molar-refractivity contribution is 0.00578. The smallest absolute Gasteiger partial charge is 0.399 e. The highest BCUT2D eigenvalue weighted by Gasteiger charge is 2.52. The monoisotopic (exact) mass is 410 g/mol. The van der Waals surface area contributed by atoms with Crippen LogP contribution in [0.5, 0.6) is 0 Å². The zero-order chi connectivity index (χ0) is 20.6. The van der Waals surface area contributed by atoms with Crippen molar-refractivity contribution in [3.63, 3.8) is 0 Å². The summed E-state index contributed by atoms with van der Waals surface area (Å²) in [5, 5.41) is -0.135. The second-order valence-electron chi connectivity index (χ2n) is 8.77. The molecule has 0 spiro atoms. The van der Waals surface area contributed by atoms with E-state index in [1.165, 1.54) is 12.4 Å². The molecule has 0 saturated carbocycles. The molecule has 2 aliphatic rings. The van der Waals surface area contributed by atoms with Crippen molar-refractivity contribution in [2.24, 2.45) is 11.7 Å². The third kappa shape index (κ3) is 4.57.